The van der Waals surface area contributed by atoms with Crippen LogP contribution in [-0.2, 0) is 0 Å². The first-order valence-corrected chi connectivity index (χ1v) is 7.39. The topological polar surface area (TPSA) is 93.3 Å². The van der Waals surface area contributed by atoms with Gasteiger partial charge in [0.25, 0.3) is 11.5 Å². The SMILES string of the molecule is C[C@@H](NC(=O)c1ccc(=O)[nH]n1)c1ccc2c(c1)OCCCO2. The molecule has 1 aromatic heterocycles. The summed E-state index contributed by atoms with van der Waals surface area (Å²) in [5.74, 6) is 1.04. The zero-order valence-corrected chi connectivity index (χ0v) is 12.7. The van der Waals surface area contributed by atoms with Crippen LogP contribution in [0.25, 0.3) is 0 Å². The smallest absolute Gasteiger partial charge is 0.272 e. The normalized spacial score (nSPS) is 14.7. The fraction of sp³-hybridized carbons (Fsp3) is 0.312. The summed E-state index contributed by atoms with van der Waals surface area (Å²) < 4.78 is 11.2. The average Bonchev–Trinajstić information content (AvgIpc) is 2.79. The predicted octanol–water partition coefficient (Wildman–Crippen LogP) is 1.42. The number of nitrogens with zero attached hydrogens (tertiary/aromatic N) is 1. The summed E-state index contributed by atoms with van der Waals surface area (Å²) in [4.78, 5) is 23.1. The molecule has 0 unspecified atom stereocenters. The second-order valence-electron chi connectivity index (χ2n) is 5.26. The molecule has 1 aliphatic rings. The van der Waals surface area contributed by atoms with E-state index in [4.69, 9.17) is 9.47 Å². The number of benzene rings is 1. The Morgan fingerprint density at radius 1 is 1.22 bits per heavy atom. The molecule has 23 heavy (non-hydrogen) atoms. The molecule has 0 fully saturated rings. The molecule has 0 saturated heterocycles. The lowest BCUT2D eigenvalue weighted by molar-refractivity contribution is 0.0933. The highest BCUT2D eigenvalue weighted by molar-refractivity contribution is 5.92. The van der Waals surface area contributed by atoms with E-state index in [0.29, 0.717) is 24.7 Å². The van der Waals surface area contributed by atoms with Gasteiger partial charge in [-0.05, 0) is 30.7 Å². The van der Waals surface area contributed by atoms with E-state index in [1.165, 1.54) is 12.1 Å². The minimum absolute atomic E-state index is 0.158. The number of aromatic nitrogens is 2. The van der Waals surface area contributed by atoms with Crippen molar-refractivity contribution in [3.8, 4) is 11.5 Å². The Hall–Kier alpha value is -2.83. The van der Waals surface area contributed by atoms with Crippen LogP contribution in [0.4, 0.5) is 0 Å². The van der Waals surface area contributed by atoms with Crippen molar-refractivity contribution in [2.75, 3.05) is 13.2 Å². The van der Waals surface area contributed by atoms with Crippen LogP contribution in [-0.4, -0.2) is 29.3 Å². The molecule has 2 aromatic rings. The predicted molar refractivity (Wildman–Crippen MR) is 82.8 cm³/mol. The molecule has 0 radical (unpaired) electrons. The van der Waals surface area contributed by atoms with E-state index in [2.05, 4.69) is 15.5 Å². The van der Waals surface area contributed by atoms with Crippen molar-refractivity contribution in [3.05, 3.63) is 51.9 Å². The summed E-state index contributed by atoms with van der Waals surface area (Å²) in [5.41, 5.74) is 0.704. The van der Waals surface area contributed by atoms with Crippen LogP contribution in [0.5, 0.6) is 11.5 Å². The minimum atomic E-state index is -0.360. The van der Waals surface area contributed by atoms with E-state index in [9.17, 15) is 9.59 Å². The molecule has 7 nitrogen and oxygen atoms in total. The summed E-state index contributed by atoms with van der Waals surface area (Å²) in [6.45, 7) is 3.11. The van der Waals surface area contributed by atoms with Gasteiger partial charge in [-0.15, -0.1) is 0 Å². The van der Waals surface area contributed by atoms with Gasteiger partial charge in [-0.2, -0.15) is 5.10 Å². The highest BCUT2D eigenvalue weighted by Gasteiger charge is 2.16. The van der Waals surface area contributed by atoms with Crippen LogP contribution in [0.3, 0.4) is 0 Å². The Morgan fingerprint density at radius 3 is 2.74 bits per heavy atom. The van der Waals surface area contributed by atoms with E-state index in [0.717, 1.165) is 12.0 Å². The van der Waals surface area contributed by atoms with Crippen molar-refractivity contribution >= 4 is 5.91 Å². The number of H-pyrrole nitrogens is 1. The average molecular weight is 315 g/mol. The summed E-state index contributed by atoms with van der Waals surface area (Å²) in [5, 5.41) is 8.79. The Morgan fingerprint density at radius 2 is 2.00 bits per heavy atom. The van der Waals surface area contributed by atoms with Gasteiger partial charge in [0, 0.05) is 12.5 Å². The zero-order valence-electron chi connectivity index (χ0n) is 12.7. The fourth-order valence-corrected chi connectivity index (χ4v) is 2.27. The maximum absolute atomic E-state index is 12.1. The van der Waals surface area contributed by atoms with Gasteiger partial charge in [-0.25, -0.2) is 5.10 Å². The maximum Gasteiger partial charge on any atom is 0.272 e. The molecule has 0 aliphatic carbocycles. The first-order chi connectivity index (χ1) is 11.1. The van der Waals surface area contributed by atoms with Crippen LogP contribution in [0.1, 0.15) is 35.4 Å². The third kappa shape index (κ3) is 3.50. The zero-order chi connectivity index (χ0) is 16.2. The Kier molecular flexibility index (Phi) is 4.27. The molecule has 0 spiro atoms. The summed E-state index contributed by atoms with van der Waals surface area (Å²) in [6.07, 6.45) is 0.841. The van der Waals surface area contributed by atoms with Crippen molar-refractivity contribution in [3.63, 3.8) is 0 Å². The van der Waals surface area contributed by atoms with Crippen molar-refractivity contribution < 1.29 is 14.3 Å². The molecule has 1 aliphatic heterocycles. The molecular weight excluding hydrogens is 298 g/mol. The monoisotopic (exact) mass is 315 g/mol. The Bertz CT molecular complexity index is 752. The standard InChI is InChI=1S/C16H17N3O4/c1-10(17-16(21)12-4-6-15(20)19-18-12)11-3-5-13-14(9-11)23-8-2-7-22-13/h3-6,9-10H,2,7-8H2,1H3,(H,17,21)(H,19,20)/t10-/m1/s1. The Labute approximate surface area is 132 Å². The van der Waals surface area contributed by atoms with Crippen molar-refractivity contribution in [1.29, 1.82) is 0 Å². The van der Waals surface area contributed by atoms with Gasteiger partial charge in [-0.3, -0.25) is 9.59 Å². The number of aromatic amines is 1. The third-order valence-corrected chi connectivity index (χ3v) is 3.53. The van der Waals surface area contributed by atoms with Crippen LogP contribution < -0.4 is 20.3 Å². The summed E-state index contributed by atoms with van der Waals surface area (Å²) in [6, 6.07) is 8.00. The lowest BCUT2D eigenvalue weighted by Gasteiger charge is -2.16. The Balaban J connectivity index is 1.74. The molecule has 1 atom stereocenters. The van der Waals surface area contributed by atoms with Crippen LogP contribution >= 0.6 is 0 Å². The van der Waals surface area contributed by atoms with Crippen molar-refractivity contribution in [2.24, 2.45) is 0 Å². The van der Waals surface area contributed by atoms with Crippen LogP contribution in [0.2, 0.25) is 0 Å². The van der Waals surface area contributed by atoms with Crippen LogP contribution in [0.15, 0.2) is 35.1 Å². The molecule has 7 heteroatoms. The summed E-state index contributed by atoms with van der Waals surface area (Å²) >= 11 is 0. The number of amides is 1. The van der Waals surface area contributed by atoms with E-state index in [-0.39, 0.29) is 23.2 Å². The summed E-state index contributed by atoms with van der Waals surface area (Å²) in [7, 11) is 0. The maximum atomic E-state index is 12.1. The number of hydrogen-bond acceptors (Lipinski definition) is 5. The minimum Gasteiger partial charge on any atom is -0.490 e. The van der Waals surface area contributed by atoms with Gasteiger partial charge in [0.05, 0.1) is 19.3 Å². The number of carbonyl (C=O) groups excluding carboxylic acids is 1. The number of carbonyl (C=O) groups is 1. The lowest BCUT2D eigenvalue weighted by Crippen LogP contribution is -2.28. The molecule has 0 saturated carbocycles. The van der Waals surface area contributed by atoms with E-state index >= 15 is 0 Å². The van der Waals surface area contributed by atoms with Gasteiger partial charge in [0.1, 0.15) is 5.69 Å². The molecule has 0 bridgehead atoms. The number of rotatable bonds is 3. The second-order valence-corrected chi connectivity index (χ2v) is 5.26. The highest BCUT2D eigenvalue weighted by atomic mass is 16.5. The molecule has 1 amide bonds. The highest BCUT2D eigenvalue weighted by Crippen LogP contribution is 2.32. The molecule has 1 aromatic carbocycles. The largest absolute Gasteiger partial charge is 0.490 e. The van der Waals surface area contributed by atoms with Crippen LogP contribution in [0, 0.1) is 0 Å². The molecule has 120 valence electrons. The lowest BCUT2D eigenvalue weighted by atomic mass is 10.1. The van der Waals surface area contributed by atoms with Gasteiger partial charge >= 0.3 is 0 Å². The third-order valence-electron chi connectivity index (χ3n) is 3.53. The number of fused-ring (bicyclic) bond motifs is 1. The molecular formula is C16H17N3O4. The van der Waals surface area contributed by atoms with Gasteiger partial charge < -0.3 is 14.8 Å². The first kappa shape index (κ1) is 15.1. The van der Waals surface area contributed by atoms with E-state index < -0.39 is 0 Å². The van der Waals surface area contributed by atoms with E-state index in [1.807, 2.05) is 25.1 Å². The van der Waals surface area contributed by atoms with Gasteiger partial charge in [0.15, 0.2) is 11.5 Å². The number of nitrogens with one attached hydrogen (secondary N) is 2. The number of ether oxygens (including phenoxy) is 2. The van der Waals surface area contributed by atoms with Gasteiger partial charge in [-0.1, -0.05) is 6.07 Å². The van der Waals surface area contributed by atoms with E-state index in [1.54, 1.807) is 0 Å². The molecule has 2 N–H and O–H groups in total. The van der Waals surface area contributed by atoms with Gasteiger partial charge in [0.2, 0.25) is 0 Å². The molecule has 3 rings (SSSR count). The molecule has 2 heterocycles. The van der Waals surface area contributed by atoms with Crippen molar-refractivity contribution in [2.45, 2.75) is 19.4 Å². The fourth-order valence-electron chi connectivity index (χ4n) is 2.27. The quantitative estimate of drug-likeness (QED) is 0.893. The first-order valence-electron chi connectivity index (χ1n) is 7.39. The van der Waals surface area contributed by atoms with Crippen molar-refractivity contribution in [1.82, 2.24) is 15.5 Å². The number of hydrogen-bond donors (Lipinski definition) is 2. The second kappa shape index (κ2) is 6.51.